The van der Waals surface area contributed by atoms with E-state index in [9.17, 15) is 9.59 Å². The van der Waals surface area contributed by atoms with E-state index in [1.54, 1.807) is 11.8 Å². The van der Waals surface area contributed by atoms with E-state index in [4.69, 9.17) is 9.47 Å². The molecule has 0 unspecified atom stereocenters. The summed E-state index contributed by atoms with van der Waals surface area (Å²) < 4.78 is 11.5. The first-order valence-electron chi connectivity index (χ1n) is 9.33. The van der Waals surface area contributed by atoms with Crippen LogP contribution in [0.5, 0.6) is 5.75 Å². The smallest absolute Gasteiger partial charge is 0.352 e. The van der Waals surface area contributed by atoms with Gasteiger partial charge in [0.2, 0.25) is 6.10 Å². The predicted octanol–water partition coefficient (Wildman–Crippen LogP) is 3.67. The maximum atomic E-state index is 12.9. The number of amides is 1. The Hall–Kier alpha value is -2.82. The van der Waals surface area contributed by atoms with Crippen LogP contribution in [0.1, 0.15) is 37.0 Å². The fourth-order valence-electron chi connectivity index (χ4n) is 3.18. The van der Waals surface area contributed by atoms with Crippen LogP contribution < -0.4 is 4.74 Å². The van der Waals surface area contributed by atoms with Gasteiger partial charge in [0, 0.05) is 18.7 Å². The van der Waals surface area contributed by atoms with Crippen LogP contribution in [0.25, 0.3) is 0 Å². The van der Waals surface area contributed by atoms with Crippen molar-refractivity contribution in [3.05, 3.63) is 65.7 Å². The molecule has 5 heteroatoms. The summed E-state index contributed by atoms with van der Waals surface area (Å²) in [6.45, 7) is 4.99. The third-order valence-electron chi connectivity index (χ3n) is 4.71. The molecular weight excluding hydrogens is 342 g/mol. The molecule has 3 rings (SSSR count). The second-order valence-corrected chi connectivity index (χ2v) is 6.79. The van der Waals surface area contributed by atoms with Crippen LogP contribution in [-0.4, -0.2) is 36.0 Å². The highest BCUT2D eigenvalue weighted by atomic mass is 16.6. The molecule has 27 heavy (non-hydrogen) atoms. The van der Waals surface area contributed by atoms with E-state index in [2.05, 4.69) is 0 Å². The van der Waals surface area contributed by atoms with E-state index in [0.29, 0.717) is 11.3 Å². The molecule has 0 aromatic heterocycles. The Morgan fingerprint density at radius 1 is 0.963 bits per heavy atom. The van der Waals surface area contributed by atoms with Crippen molar-refractivity contribution in [3.8, 4) is 5.75 Å². The van der Waals surface area contributed by atoms with E-state index < -0.39 is 18.2 Å². The molecule has 1 amide bonds. The van der Waals surface area contributed by atoms with E-state index in [0.717, 1.165) is 31.5 Å². The maximum Gasteiger partial charge on any atom is 0.352 e. The lowest BCUT2D eigenvalue weighted by molar-refractivity contribution is -0.164. The zero-order valence-electron chi connectivity index (χ0n) is 15.8. The highest BCUT2D eigenvalue weighted by molar-refractivity contribution is 5.85. The SMILES string of the molecule is Cc1ccccc1O[C@@H](C(=O)O[C@@H](C)C(=O)N1CCCC1)c1ccccc1. The van der Waals surface area contributed by atoms with Crippen molar-refractivity contribution < 1.29 is 19.1 Å². The molecule has 0 spiro atoms. The summed E-state index contributed by atoms with van der Waals surface area (Å²) in [7, 11) is 0. The molecule has 0 aliphatic carbocycles. The lowest BCUT2D eigenvalue weighted by atomic mass is 10.1. The molecule has 1 fully saturated rings. The molecule has 2 aromatic carbocycles. The van der Waals surface area contributed by atoms with Gasteiger partial charge in [-0.25, -0.2) is 4.79 Å². The number of hydrogen-bond donors (Lipinski definition) is 0. The number of ether oxygens (including phenoxy) is 2. The Labute approximate surface area is 159 Å². The molecule has 1 saturated heterocycles. The standard InChI is InChI=1S/C22H25NO4/c1-16-10-6-7-13-19(16)27-20(18-11-4-3-5-12-18)22(25)26-17(2)21(24)23-14-8-9-15-23/h3-7,10-13,17,20H,8-9,14-15H2,1-2H3/t17-,20+/m0/s1. The molecule has 2 aromatic rings. The zero-order valence-corrected chi connectivity index (χ0v) is 15.8. The number of esters is 1. The fourth-order valence-corrected chi connectivity index (χ4v) is 3.18. The van der Waals surface area contributed by atoms with Crippen molar-refractivity contribution in [1.29, 1.82) is 0 Å². The normalized spacial score (nSPS) is 15.9. The third kappa shape index (κ3) is 4.67. The Morgan fingerprint density at radius 3 is 2.26 bits per heavy atom. The van der Waals surface area contributed by atoms with E-state index in [-0.39, 0.29) is 5.91 Å². The highest BCUT2D eigenvalue weighted by Gasteiger charge is 2.31. The summed E-state index contributed by atoms with van der Waals surface area (Å²) in [5.74, 6) is -0.102. The van der Waals surface area contributed by atoms with Crippen LogP contribution in [0.2, 0.25) is 0 Å². The van der Waals surface area contributed by atoms with Gasteiger partial charge in [-0.2, -0.15) is 0 Å². The number of carbonyl (C=O) groups excluding carboxylic acids is 2. The maximum absolute atomic E-state index is 12.9. The zero-order chi connectivity index (χ0) is 19.2. The minimum absolute atomic E-state index is 0.149. The minimum Gasteiger partial charge on any atom is -0.474 e. The van der Waals surface area contributed by atoms with Crippen LogP contribution in [0.3, 0.4) is 0 Å². The fraction of sp³-hybridized carbons (Fsp3) is 0.364. The number of aryl methyl sites for hydroxylation is 1. The van der Waals surface area contributed by atoms with Crippen LogP contribution in [0.15, 0.2) is 54.6 Å². The van der Waals surface area contributed by atoms with Crippen molar-refractivity contribution >= 4 is 11.9 Å². The monoisotopic (exact) mass is 367 g/mol. The molecule has 142 valence electrons. The van der Waals surface area contributed by atoms with Gasteiger partial charge in [-0.05, 0) is 38.3 Å². The Bertz CT molecular complexity index is 784. The van der Waals surface area contributed by atoms with Crippen LogP contribution in [-0.2, 0) is 14.3 Å². The predicted molar refractivity (Wildman–Crippen MR) is 102 cm³/mol. The quantitative estimate of drug-likeness (QED) is 0.731. The number of rotatable bonds is 6. The van der Waals surface area contributed by atoms with E-state index in [1.807, 2.05) is 61.5 Å². The van der Waals surface area contributed by atoms with Gasteiger partial charge in [0.05, 0.1) is 0 Å². The summed E-state index contributed by atoms with van der Waals surface area (Å²) in [4.78, 5) is 27.1. The first-order chi connectivity index (χ1) is 13.1. The first kappa shape index (κ1) is 19.0. The average Bonchev–Trinajstić information content (AvgIpc) is 3.22. The lowest BCUT2D eigenvalue weighted by Gasteiger charge is -2.24. The Kier molecular flexibility index (Phi) is 6.12. The number of likely N-dealkylation sites (tertiary alicyclic amines) is 1. The van der Waals surface area contributed by atoms with E-state index >= 15 is 0 Å². The topological polar surface area (TPSA) is 55.8 Å². The summed E-state index contributed by atoms with van der Waals surface area (Å²) in [5, 5.41) is 0. The summed E-state index contributed by atoms with van der Waals surface area (Å²) in [6.07, 6.45) is 0.230. The van der Waals surface area contributed by atoms with Gasteiger partial charge in [0.1, 0.15) is 5.75 Å². The van der Waals surface area contributed by atoms with Gasteiger partial charge in [0.15, 0.2) is 6.10 Å². The summed E-state index contributed by atoms with van der Waals surface area (Å²) >= 11 is 0. The van der Waals surface area contributed by atoms with Gasteiger partial charge < -0.3 is 14.4 Å². The van der Waals surface area contributed by atoms with Crippen molar-refractivity contribution in [2.45, 2.75) is 38.9 Å². The summed E-state index contributed by atoms with van der Waals surface area (Å²) in [5.41, 5.74) is 1.61. The molecule has 5 nitrogen and oxygen atoms in total. The number of carbonyl (C=O) groups is 2. The van der Waals surface area contributed by atoms with E-state index in [1.165, 1.54) is 0 Å². The lowest BCUT2D eigenvalue weighted by Crippen LogP contribution is -2.39. The summed E-state index contributed by atoms with van der Waals surface area (Å²) in [6, 6.07) is 16.7. The number of hydrogen-bond acceptors (Lipinski definition) is 4. The Morgan fingerprint density at radius 2 is 1.59 bits per heavy atom. The first-order valence-corrected chi connectivity index (χ1v) is 9.33. The number of benzene rings is 2. The molecule has 2 atom stereocenters. The largest absolute Gasteiger partial charge is 0.474 e. The molecule has 1 aliphatic heterocycles. The second kappa shape index (κ2) is 8.71. The average molecular weight is 367 g/mol. The molecule has 1 aliphatic rings. The van der Waals surface area contributed by atoms with Crippen molar-refractivity contribution in [1.82, 2.24) is 4.90 Å². The van der Waals surface area contributed by atoms with Gasteiger partial charge in [-0.1, -0.05) is 48.5 Å². The molecule has 0 N–H and O–H groups in total. The molecule has 0 saturated carbocycles. The molecule has 1 heterocycles. The van der Waals surface area contributed by atoms with Crippen molar-refractivity contribution in [2.24, 2.45) is 0 Å². The van der Waals surface area contributed by atoms with Gasteiger partial charge in [0.25, 0.3) is 5.91 Å². The highest BCUT2D eigenvalue weighted by Crippen LogP contribution is 2.26. The van der Waals surface area contributed by atoms with Crippen LogP contribution in [0.4, 0.5) is 0 Å². The molecule has 0 radical (unpaired) electrons. The Balaban J connectivity index is 1.76. The third-order valence-corrected chi connectivity index (χ3v) is 4.71. The molecular formula is C22H25NO4. The number of nitrogens with zero attached hydrogens (tertiary/aromatic N) is 1. The van der Waals surface area contributed by atoms with Crippen LogP contribution in [0, 0.1) is 6.92 Å². The minimum atomic E-state index is -0.930. The molecule has 0 bridgehead atoms. The van der Waals surface area contributed by atoms with Crippen molar-refractivity contribution in [2.75, 3.05) is 13.1 Å². The van der Waals surface area contributed by atoms with Crippen molar-refractivity contribution in [3.63, 3.8) is 0 Å². The number of para-hydroxylation sites is 1. The van der Waals surface area contributed by atoms with Crippen LogP contribution >= 0.6 is 0 Å². The van der Waals surface area contributed by atoms with Gasteiger partial charge in [-0.15, -0.1) is 0 Å². The van der Waals surface area contributed by atoms with Gasteiger partial charge in [-0.3, -0.25) is 4.79 Å². The second-order valence-electron chi connectivity index (χ2n) is 6.79. The van der Waals surface area contributed by atoms with Gasteiger partial charge >= 0.3 is 5.97 Å².